The van der Waals surface area contributed by atoms with Crippen LogP contribution < -0.4 is 11.1 Å². The van der Waals surface area contributed by atoms with Crippen LogP contribution >= 0.6 is 0 Å². The third-order valence-corrected chi connectivity index (χ3v) is 3.64. The summed E-state index contributed by atoms with van der Waals surface area (Å²) in [5.41, 5.74) is 4.50. The number of nitrogens with two attached hydrogens (primary N) is 1. The first-order valence-electron chi connectivity index (χ1n) is 5.52. The topological polar surface area (TPSA) is 113 Å². The van der Waals surface area contributed by atoms with E-state index in [1.807, 2.05) is 0 Å². The van der Waals surface area contributed by atoms with Crippen LogP contribution in [-0.4, -0.2) is 29.3 Å². The number of hydrogen-bond acceptors (Lipinski definition) is 5. The first-order valence-corrected chi connectivity index (χ1v) is 7.03. The largest absolute Gasteiger partial charge is 0.385 e. The Hall–Kier alpha value is -2.13. The molecule has 1 aliphatic rings. The van der Waals surface area contributed by atoms with E-state index in [0.717, 1.165) is 11.0 Å². The van der Waals surface area contributed by atoms with Gasteiger partial charge in [-0.3, -0.25) is 9.35 Å². The number of carbonyl (C=O) groups excluding carboxylic acids is 1. The fraction of sp³-hybridized carbons (Fsp3) is 0.182. The second kappa shape index (κ2) is 5.10. The first-order chi connectivity index (χ1) is 9.27. The summed E-state index contributed by atoms with van der Waals surface area (Å²) in [5.74, 6) is -1.27. The lowest BCUT2D eigenvalue weighted by Crippen LogP contribution is -2.56. The zero-order valence-corrected chi connectivity index (χ0v) is 11.0. The second-order valence-corrected chi connectivity index (χ2v) is 5.68. The quantitative estimate of drug-likeness (QED) is 0.662. The number of nitrogens with zero attached hydrogens (tertiary/aromatic N) is 1. The molecule has 0 aliphatic carbocycles. The van der Waals surface area contributed by atoms with Crippen LogP contribution in [0.2, 0.25) is 0 Å². The molecule has 1 aromatic rings. The number of nitrogens with one attached hydrogen (secondary N) is 1. The van der Waals surface area contributed by atoms with Crippen LogP contribution in [0.5, 0.6) is 0 Å². The Morgan fingerprint density at radius 3 is 2.50 bits per heavy atom. The number of halogens is 1. The zero-order valence-electron chi connectivity index (χ0n) is 10.2. The minimum Gasteiger partial charge on any atom is -0.385 e. The minimum absolute atomic E-state index is 0.0205. The van der Waals surface area contributed by atoms with Crippen molar-refractivity contribution < 1.29 is 22.2 Å². The van der Waals surface area contributed by atoms with E-state index in [2.05, 4.69) is 5.32 Å². The van der Waals surface area contributed by atoms with E-state index < -0.39 is 27.3 Å². The standard InChI is InChI=1S/C11H12FN3O4S/c12-8-3-1-7(2-4-8)6-15-9(13)5-10(16)14-11(15)20(17,18)19/h1-5,11H,6,13H2,(H,14,16)(H,17,18,19). The van der Waals surface area contributed by atoms with Crippen LogP contribution in [0.25, 0.3) is 0 Å². The van der Waals surface area contributed by atoms with Crippen LogP contribution in [0.15, 0.2) is 36.2 Å². The smallest absolute Gasteiger partial charge is 0.306 e. The van der Waals surface area contributed by atoms with Gasteiger partial charge in [0.1, 0.15) is 11.6 Å². The first kappa shape index (κ1) is 14.3. The van der Waals surface area contributed by atoms with Crippen molar-refractivity contribution in [3.63, 3.8) is 0 Å². The third-order valence-electron chi connectivity index (χ3n) is 2.71. The van der Waals surface area contributed by atoms with E-state index in [4.69, 9.17) is 10.3 Å². The van der Waals surface area contributed by atoms with Gasteiger partial charge >= 0.3 is 10.1 Å². The fourth-order valence-electron chi connectivity index (χ4n) is 1.79. The highest BCUT2D eigenvalue weighted by Crippen LogP contribution is 2.17. The van der Waals surface area contributed by atoms with E-state index in [0.29, 0.717) is 5.56 Å². The Kier molecular flexibility index (Phi) is 3.64. The summed E-state index contributed by atoms with van der Waals surface area (Å²) in [7, 11) is -4.57. The Morgan fingerprint density at radius 1 is 1.35 bits per heavy atom. The van der Waals surface area contributed by atoms with Gasteiger partial charge in [-0.1, -0.05) is 12.1 Å². The Balaban J connectivity index is 2.32. The summed E-state index contributed by atoms with van der Waals surface area (Å²) >= 11 is 0. The van der Waals surface area contributed by atoms with Gasteiger partial charge in [-0.2, -0.15) is 8.42 Å². The molecule has 0 bridgehead atoms. The maximum Gasteiger partial charge on any atom is 0.306 e. The van der Waals surface area contributed by atoms with Gasteiger partial charge in [0.2, 0.25) is 11.4 Å². The summed E-state index contributed by atoms with van der Waals surface area (Å²) in [6, 6.07) is 5.31. The molecule has 1 atom stereocenters. The molecule has 1 amide bonds. The molecule has 1 heterocycles. The number of carbonyl (C=O) groups is 1. The van der Waals surface area contributed by atoms with Gasteiger partial charge in [0.15, 0.2) is 0 Å². The molecule has 2 rings (SSSR count). The molecule has 1 aromatic carbocycles. The summed E-state index contributed by atoms with van der Waals surface area (Å²) in [6.07, 6.45) is 1.01. The average Bonchev–Trinajstić information content (AvgIpc) is 2.33. The molecule has 1 unspecified atom stereocenters. The number of rotatable bonds is 3. The molecular formula is C11H12FN3O4S. The Morgan fingerprint density at radius 2 is 1.95 bits per heavy atom. The van der Waals surface area contributed by atoms with Gasteiger partial charge in [0, 0.05) is 12.6 Å². The molecule has 20 heavy (non-hydrogen) atoms. The summed E-state index contributed by atoms with van der Waals surface area (Å²) in [4.78, 5) is 12.3. The van der Waals surface area contributed by atoms with E-state index in [1.54, 1.807) is 0 Å². The van der Waals surface area contributed by atoms with Crippen LogP contribution in [-0.2, 0) is 21.5 Å². The van der Waals surface area contributed by atoms with Gasteiger partial charge in [0.25, 0.3) is 0 Å². The summed E-state index contributed by atoms with van der Waals surface area (Å²) < 4.78 is 44.5. The summed E-state index contributed by atoms with van der Waals surface area (Å²) in [6.45, 7) is -0.0205. The van der Waals surface area contributed by atoms with Crippen LogP contribution in [0.1, 0.15) is 5.56 Å². The van der Waals surface area contributed by atoms with E-state index in [9.17, 15) is 17.6 Å². The highest BCUT2D eigenvalue weighted by Gasteiger charge is 2.35. The van der Waals surface area contributed by atoms with Crippen LogP contribution in [0.4, 0.5) is 4.39 Å². The van der Waals surface area contributed by atoms with E-state index >= 15 is 0 Å². The molecule has 7 nitrogen and oxygen atoms in total. The van der Waals surface area contributed by atoms with Crippen molar-refractivity contribution in [3.8, 4) is 0 Å². The molecule has 108 valence electrons. The average molecular weight is 301 g/mol. The molecule has 0 saturated carbocycles. The minimum atomic E-state index is -4.57. The van der Waals surface area contributed by atoms with Crippen molar-refractivity contribution in [3.05, 3.63) is 47.5 Å². The summed E-state index contributed by atoms with van der Waals surface area (Å²) in [5, 5.41) is 2.09. The van der Waals surface area contributed by atoms with Gasteiger partial charge in [-0.25, -0.2) is 4.39 Å². The van der Waals surface area contributed by atoms with Crippen molar-refractivity contribution in [1.82, 2.24) is 10.2 Å². The van der Waals surface area contributed by atoms with E-state index in [-0.39, 0.29) is 12.4 Å². The SMILES string of the molecule is NC1=CC(=O)NC(S(=O)(=O)O)N1Cc1ccc(F)cc1. The van der Waals surface area contributed by atoms with Crippen molar-refractivity contribution >= 4 is 16.0 Å². The molecule has 0 aromatic heterocycles. The third kappa shape index (κ3) is 3.06. The lowest BCUT2D eigenvalue weighted by molar-refractivity contribution is -0.118. The molecule has 4 N–H and O–H groups in total. The van der Waals surface area contributed by atoms with Gasteiger partial charge in [0.05, 0.1) is 0 Å². The molecule has 9 heteroatoms. The molecule has 0 fully saturated rings. The lowest BCUT2D eigenvalue weighted by atomic mass is 10.2. The van der Waals surface area contributed by atoms with Crippen molar-refractivity contribution in [2.45, 2.75) is 12.0 Å². The Bertz CT molecular complexity index is 657. The molecular weight excluding hydrogens is 289 g/mol. The van der Waals surface area contributed by atoms with Crippen LogP contribution in [0.3, 0.4) is 0 Å². The molecule has 1 aliphatic heterocycles. The van der Waals surface area contributed by atoms with Gasteiger partial charge in [-0.15, -0.1) is 0 Å². The predicted molar refractivity (Wildman–Crippen MR) is 67.7 cm³/mol. The maximum atomic E-state index is 12.8. The van der Waals surface area contributed by atoms with Crippen molar-refractivity contribution in [2.24, 2.45) is 5.73 Å². The number of amides is 1. The van der Waals surface area contributed by atoms with Gasteiger partial charge < -0.3 is 16.0 Å². The molecule has 0 radical (unpaired) electrons. The monoisotopic (exact) mass is 301 g/mol. The highest BCUT2D eigenvalue weighted by atomic mass is 32.2. The van der Waals surface area contributed by atoms with Gasteiger partial charge in [-0.05, 0) is 17.7 Å². The fourth-order valence-corrected chi connectivity index (χ4v) is 2.57. The van der Waals surface area contributed by atoms with Crippen molar-refractivity contribution in [1.29, 1.82) is 0 Å². The number of benzene rings is 1. The van der Waals surface area contributed by atoms with Crippen molar-refractivity contribution in [2.75, 3.05) is 0 Å². The normalized spacial score (nSPS) is 19.5. The highest BCUT2D eigenvalue weighted by molar-refractivity contribution is 7.86. The zero-order chi connectivity index (χ0) is 14.9. The van der Waals surface area contributed by atoms with Crippen LogP contribution in [0, 0.1) is 5.82 Å². The lowest BCUT2D eigenvalue weighted by Gasteiger charge is -2.34. The maximum absolute atomic E-state index is 12.8. The Labute approximate surface area is 114 Å². The number of hydrogen-bond donors (Lipinski definition) is 3. The molecule has 0 spiro atoms. The van der Waals surface area contributed by atoms with E-state index in [1.165, 1.54) is 24.3 Å². The predicted octanol–water partition coefficient (Wildman–Crippen LogP) is -0.271. The second-order valence-electron chi connectivity index (χ2n) is 4.20. The molecule has 0 saturated heterocycles.